The predicted octanol–water partition coefficient (Wildman–Crippen LogP) is 4.61. The quantitative estimate of drug-likeness (QED) is 0.734. The first-order valence-corrected chi connectivity index (χ1v) is 6.12. The van der Waals surface area contributed by atoms with Crippen molar-refractivity contribution in [1.82, 2.24) is 0 Å². The van der Waals surface area contributed by atoms with Crippen LogP contribution in [0.2, 0.25) is 5.02 Å². The Labute approximate surface area is 116 Å². The number of halogens is 4. The van der Waals surface area contributed by atoms with E-state index in [-0.39, 0.29) is 20.6 Å². The highest BCUT2D eigenvalue weighted by Gasteiger charge is 2.21. The van der Waals surface area contributed by atoms with Crippen LogP contribution in [0.15, 0.2) is 40.9 Å². The Bertz CT molecular complexity index is 608. The maximum atomic E-state index is 13.8. The summed E-state index contributed by atoms with van der Waals surface area (Å²) in [6.45, 7) is 0. The number of carbonyl (C=O) groups excluding carboxylic acids is 1. The molecule has 1 nitrogen and oxygen atoms in total. The highest BCUT2D eigenvalue weighted by atomic mass is 79.9. The first kappa shape index (κ1) is 13.2. The van der Waals surface area contributed by atoms with Gasteiger partial charge in [0.05, 0.1) is 20.6 Å². The third-order valence-corrected chi connectivity index (χ3v) is 3.31. The molecule has 92 valence electrons. The van der Waals surface area contributed by atoms with E-state index in [1.165, 1.54) is 30.3 Å². The van der Waals surface area contributed by atoms with Crippen molar-refractivity contribution in [3.05, 3.63) is 68.7 Å². The summed E-state index contributed by atoms with van der Waals surface area (Å²) < 4.78 is 27.5. The van der Waals surface area contributed by atoms with Gasteiger partial charge >= 0.3 is 0 Å². The number of rotatable bonds is 2. The Balaban J connectivity index is 2.59. The van der Waals surface area contributed by atoms with Gasteiger partial charge in [-0.25, -0.2) is 8.78 Å². The number of carbonyl (C=O) groups is 1. The van der Waals surface area contributed by atoms with Crippen LogP contribution >= 0.6 is 27.5 Å². The molecule has 0 aliphatic carbocycles. The molecule has 0 spiro atoms. The molecule has 0 N–H and O–H groups in total. The van der Waals surface area contributed by atoms with E-state index >= 15 is 0 Å². The lowest BCUT2D eigenvalue weighted by Gasteiger charge is -2.06. The van der Waals surface area contributed by atoms with Gasteiger partial charge < -0.3 is 0 Å². The summed E-state index contributed by atoms with van der Waals surface area (Å²) in [6, 6.07) is 8.10. The topological polar surface area (TPSA) is 17.1 Å². The molecule has 0 unspecified atom stereocenters. The van der Waals surface area contributed by atoms with E-state index in [1.54, 1.807) is 0 Å². The molecule has 0 saturated carbocycles. The van der Waals surface area contributed by atoms with E-state index in [1.807, 2.05) is 0 Å². The van der Waals surface area contributed by atoms with Crippen molar-refractivity contribution < 1.29 is 13.6 Å². The second kappa shape index (κ2) is 5.16. The third kappa shape index (κ3) is 2.31. The molecule has 0 fully saturated rings. The predicted molar refractivity (Wildman–Crippen MR) is 68.9 cm³/mol. The summed E-state index contributed by atoms with van der Waals surface area (Å²) in [5, 5.41) is -0.0422. The SMILES string of the molecule is O=C(c1cccc(Br)c1F)c1c(F)cccc1Cl. The van der Waals surface area contributed by atoms with Crippen LogP contribution in [0.1, 0.15) is 15.9 Å². The molecule has 0 atom stereocenters. The Morgan fingerprint density at radius 3 is 2.44 bits per heavy atom. The molecule has 0 aliphatic heterocycles. The van der Waals surface area contributed by atoms with Crippen LogP contribution in [0.5, 0.6) is 0 Å². The summed E-state index contributed by atoms with van der Waals surface area (Å²) in [5.41, 5.74) is -0.549. The van der Waals surface area contributed by atoms with E-state index in [2.05, 4.69) is 15.9 Å². The molecule has 0 aromatic heterocycles. The van der Waals surface area contributed by atoms with Gasteiger partial charge in [0.2, 0.25) is 0 Å². The molecule has 2 rings (SSSR count). The second-order valence-corrected chi connectivity index (χ2v) is 4.79. The third-order valence-electron chi connectivity index (χ3n) is 2.39. The average molecular weight is 332 g/mol. The molecule has 2 aromatic rings. The van der Waals surface area contributed by atoms with Crippen molar-refractivity contribution in [3.63, 3.8) is 0 Å². The highest BCUT2D eigenvalue weighted by Crippen LogP contribution is 2.26. The van der Waals surface area contributed by atoms with Gasteiger partial charge in [-0.1, -0.05) is 23.7 Å². The van der Waals surface area contributed by atoms with Gasteiger partial charge in [0.25, 0.3) is 0 Å². The molecule has 0 bridgehead atoms. The number of hydrogen-bond donors (Lipinski definition) is 0. The van der Waals surface area contributed by atoms with Gasteiger partial charge in [0, 0.05) is 0 Å². The molecule has 0 heterocycles. The van der Waals surface area contributed by atoms with Gasteiger partial charge in [-0.3, -0.25) is 4.79 Å². The van der Waals surface area contributed by atoms with Gasteiger partial charge in [0.15, 0.2) is 5.78 Å². The Morgan fingerprint density at radius 2 is 1.78 bits per heavy atom. The van der Waals surface area contributed by atoms with Crippen molar-refractivity contribution >= 4 is 33.3 Å². The highest BCUT2D eigenvalue weighted by molar-refractivity contribution is 9.10. The van der Waals surface area contributed by atoms with Crippen LogP contribution < -0.4 is 0 Å². The standard InChI is InChI=1S/C13H6BrClF2O/c14-8-4-1-3-7(12(8)17)13(18)11-9(15)5-2-6-10(11)16/h1-6H. The van der Waals surface area contributed by atoms with Crippen LogP contribution in [0, 0.1) is 11.6 Å². The maximum absolute atomic E-state index is 13.8. The lowest BCUT2D eigenvalue weighted by atomic mass is 10.0. The minimum absolute atomic E-state index is 0.0422. The smallest absolute Gasteiger partial charge is 0.200 e. The monoisotopic (exact) mass is 330 g/mol. The summed E-state index contributed by atoms with van der Waals surface area (Å²) in [4.78, 5) is 12.1. The first-order chi connectivity index (χ1) is 8.52. The first-order valence-electron chi connectivity index (χ1n) is 4.95. The Kier molecular flexibility index (Phi) is 3.78. The van der Waals surface area contributed by atoms with Crippen LogP contribution in [-0.4, -0.2) is 5.78 Å². The van der Waals surface area contributed by atoms with Crippen molar-refractivity contribution in [2.75, 3.05) is 0 Å². The molecule has 0 amide bonds. The number of ketones is 1. The van der Waals surface area contributed by atoms with Gasteiger partial charge in [-0.15, -0.1) is 0 Å². The zero-order chi connectivity index (χ0) is 13.3. The van der Waals surface area contributed by atoms with Gasteiger partial charge in [-0.2, -0.15) is 0 Å². The van der Waals surface area contributed by atoms with E-state index in [0.717, 1.165) is 6.07 Å². The maximum Gasteiger partial charge on any atom is 0.200 e. The Hall–Kier alpha value is -1.26. The lowest BCUT2D eigenvalue weighted by molar-refractivity contribution is 0.103. The second-order valence-electron chi connectivity index (χ2n) is 3.53. The molecule has 0 radical (unpaired) electrons. The lowest BCUT2D eigenvalue weighted by Crippen LogP contribution is -2.08. The molecule has 2 aromatic carbocycles. The van der Waals surface area contributed by atoms with Crippen LogP contribution in [0.25, 0.3) is 0 Å². The summed E-state index contributed by atoms with van der Waals surface area (Å²) in [6.07, 6.45) is 0. The van der Waals surface area contributed by atoms with E-state index < -0.39 is 17.4 Å². The molecule has 0 saturated heterocycles. The molecule has 5 heteroatoms. The van der Waals surface area contributed by atoms with Crippen LogP contribution in [-0.2, 0) is 0 Å². The Morgan fingerprint density at radius 1 is 1.11 bits per heavy atom. The minimum atomic E-state index is -0.781. The van der Waals surface area contributed by atoms with Crippen molar-refractivity contribution in [1.29, 1.82) is 0 Å². The number of hydrogen-bond acceptors (Lipinski definition) is 1. The van der Waals surface area contributed by atoms with Crippen LogP contribution in [0.3, 0.4) is 0 Å². The molecule has 0 aliphatic rings. The van der Waals surface area contributed by atoms with E-state index in [4.69, 9.17) is 11.6 Å². The summed E-state index contributed by atoms with van der Waals surface area (Å²) in [5.74, 6) is -2.29. The van der Waals surface area contributed by atoms with Gasteiger partial charge in [-0.05, 0) is 40.2 Å². The minimum Gasteiger partial charge on any atom is -0.288 e. The van der Waals surface area contributed by atoms with Gasteiger partial charge in [0.1, 0.15) is 11.6 Å². The van der Waals surface area contributed by atoms with Crippen molar-refractivity contribution in [2.45, 2.75) is 0 Å². The zero-order valence-electron chi connectivity index (χ0n) is 8.88. The molecular formula is C13H6BrClF2O. The average Bonchev–Trinajstić information content (AvgIpc) is 2.32. The van der Waals surface area contributed by atoms with E-state index in [9.17, 15) is 13.6 Å². The molecular weight excluding hydrogens is 325 g/mol. The number of benzene rings is 2. The van der Waals surface area contributed by atoms with E-state index in [0.29, 0.717) is 0 Å². The fourth-order valence-corrected chi connectivity index (χ4v) is 2.14. The normalized spacial score (nSPS) is 10.4. The summed E-state index contributed by atoms with van der Waals surface area (Å²) in [7, 11) is 0. The summed E-state index contributed by atoms with van der Waals surface area (Å²) >= 11 is 8.74. The zero-order valence-corrected chi connectivity index (χ0v) is 11.2. The van der Waals surface area contributed by atoms with Crippen LogP contribution in [0.4, 0.5) is 8.78 Å². The largest absolute Gasteiger partial charge is 0.288 e. The fourth-order valence-electron chi connectivity index (χ4n) is 1.53. The van der Waals surface area contributed by atoms with Crippen molar-refractivity contribution in [2.24, 2.45) is 0 Å². The van der Waals surface area contributed by atoms with Crippen molar-refractivity contribution in [3.8, 4) is 0 Å². The molecule has 18 heavy (non-hydrogen) atoms. The fraction of sp³-hybridized carbons (Fsp3) is 0.